The minimum Gasteiger partial charge on any atom is -0.481 e. The quantitative estimate of drug-likeness (QED) is 0.753. The van der Waals surface area contributed by atoms with Crippen molar-refractivity contribution >= 4 is 23.2 Å². The van der Waals surface area contributed by atoms with Crippen LogP contribution in [0.15, 0.2) is 48.5 Å². The lowest BCUT2D eigenvalue weighted by Crippen LogP contribution is -2.42. The number of rotatable bonds is 7. The molecule has 0 saturated carbocycles. The number of ether oxygens (including phenoxy) is 2. The van der Waals surface area contributed by atoms with Gasteiger partial charge in [-0.3, -0.25) is 9.59 Å². The van der Waals surface area contributed by atoms with Crippen molar-refractivity contribution in [2.75, 3.05) is 50.1 Å². The van der Waals surface area contributed by atoms with Crippen LogP contribution in [0.4, 0.5) is 15.8 Å². The van der Waals surface area contributed by atoms with E-state index in [9.17, 15) is 14.0 Å². The number of nitrogens with one attached hydrogen (secondary N) is 1. The maximum absolute atomic E-state index is 13.0. The van der Waals surface area contributed by atoms with Gasteiger partial charge >= 0.3 is 0 Å². The summed E-state index contributed by atoms with van der Waals surface area (Å²) in [4.78, 5) is 28.3. The summed E-state index contributed by atoms with van der Waals surface area (Å²) < 4.78 is 23.8. The molecule has 3 rings (SSSR count). The third kappa shape index (κ3) is 5.93. The fraction of sp³-hybridized carbons (Fsp3) is 0.364. The second kappa shape index (κ2) is 10.1. The molecule has 0 bridgehead atoms. The fourth-order valence-electron chi connectivity index (χ4n) is 3.15. The van der Waals surface area contributed by atoms with Crippen molar-refractivity contribution < 1.29 is 23.5 Å². The molecule has 2 aromatic rings. The third-order valence-electron chi connectivity index (χ3n) is 4.76. The van der Waals surface area contributed by atoms with Crippen LogP contribution in [0.3, 0.4) is 0 Å². The number of carbonyl (C=O) groups excluding carboxylic acids is 2. The molecule has 30 heavy (non-hydrogen) atoms. The van der Waals surface area contributed by atoms with Gasteiger partial charge in [-0.1, -0.05) is 0 Å². The van der Waals surface area contributed by atoms with Crippen LogP contribution < -0.4 is 15.0 Å². The highest BCUT2D eigenvalue weighted by Gasteiger charge is 2.21. The average molecular weight is 415 g/mol. The van der Waals surface area contributed by atoms with Crippen LogP contribution in [-0.2, 0) is 14.3 Å². The first-order valence-electron chi connectivity index (χ1n) is 9.82. The second-order valence-corrected chi connectivity index (χ2v) is 7.10. The maximum Gasteiger partial charge on any atom is 0.263 e. The van der Waals surface area contributed by atoms with E-state index in [2.05, 4.69) is 10.2 Å². The highest BCUT2D eigenvalue weighted by atomic mass is 19.1. The van der Waals surface area contributed by atoms with Crippen LogP contribution in [0.5, 0.6) is 5.75 Å². The van der Waals surface area contributed by atoms with Gasteiger partial charge in [0.05, 0.1) is 19.8 Å². The zero-order chi connectivity index (χ0) is 21.5. The zero-order valence-corrected chi connectivity index (χ0v) is 17.1. The lowest BCUT2D eigenvalue weighted by molar-refractivity contribution is -0.139. The van der Waals surface area contributed by atoms with Gasteiger partial charge in [0.25, 0.3) is 5.91 Å². The van der Waals surface area contributed by atoms with Gasteiger partial charge in [-0.05, 0) is 55.5 Å². The smallest absolute Gasteiger partial charge is 0.263 e. The molecule has 2 amide bonds. The van der Waals surface area contributed by atoms with Crippen molar-refractivity contribution in [1.29, 1.82) is 0 Å². The molecule has 1 saturated heterocycles. The van der Waals surface area contributed by atoms with Crippen molar-refractivity contribution in [2.24, 2.45) is 0 Å². The maximum atomic E-state index is 13.0. The summed E-state index contributed by atoms with van der Waals surface area (Å²) in [5.74, 6) is -0.653. The number of halogens is 1. The number of carbonyl (C=O) groups is 2. The molecule has 1 heterocycles. The van der Waals surface area contributed by atoms with Crippen LogP contribution in [0.25, 0.3) is 0 Å². The van der Waals surface area contributed by atoms with Gasteiger partial charge in [0.15, 0.2) is 6.10 Å². The molecule has 0 unspecified atom stereocenters. The van der Waals surface area contributed by atoms with Crippen LogP contribution >= 0.6 is 0 Å². The average Bonchev–Trinajstić information content (AvgIpc) is 2.75. The first-order valence-corrected chi connectivity index (χ1v) is 9.82. The van der Waals surface area contributed by atoms with Crippen LogP contribution in [0.2, 0.25) is 0 Å². The molecular formula is C22H26FN3O4. The highest BCUT2D eigenvalue weighted by molar-refractivity contribution is 5.95. The van der Waals surface area contributed by atoms with E-state index in [0.717, 1.165) is 18.8 Å². The Morgan fingerprint density at radius 3 is 2.40 bits per heavy atom. The molecule has 0 radical (unpaired) electrons. The predicted octanol–water partition coefficient (Wildman–Crippen LogP) is 2.53. The van der Waals surface area contributed by atoms with E-state index in [1.165, 1.54) is 36.2 Å². The Bertz CT molecular complexity index is 852. The van der Waals surface area contributed by atoms with Crippen molar-refractivity contribution in [3.8, 4) is 5.75 Å². The van der Waals surface area contributed by atoms with Gasteiger partial charge in [0.1, 0.15) is 11.6 Å². The first kappa shape index (κ1) is 21.6. The molecule has 0 aromatic heterocycles. The predicted molar refractivity (Wildman–Crippen MR) is 112 cm³/mol. The summed E-state index contributed by atoms with van der Waals surface area (Å²) in [7, 11) is 1.54. The van der Waals surface area contributed by atoms with Gasteiger partial charge in [-0.15, -0.1) is 0 Å². The van der Waals surface area contributed by atoms with Crippen LogP contribution in [-0.4, -0.2) is 62.7 Å². The van der Waals surface area contributed by atoms with E-state index >= 15 is 0 Å². The molecule has 160 valence electrons. The van der Waals surface area contributed by atoms with E-state index in [-0.39, 0.29) is 24.2 Å². The molecule has 2 aromatic carbocycles. The molecule has 7 nitrogen and oxygen atoms in total. The summed E-state index contributed by atoms with van der Waals surface area (Å²) in [6, 6.07) is 13.0. The normalized spacial score (nSPS) is 14.7. The molecule has 8 heteroatoms. The number of hydrogen-bond donors (Lipinski definition) is 1. The fourth-order valence-corrected chi connectivity index (χ4v) is 3.15. The Morgan fingerprint density at radius 2 is 1.77 bits per heavy atom. The molecule has 1 aliphatic rings. The summed E-state index contributed by atoms with van der Waals surface area (Å²) >= 11 is 0. The lowest BCUT2D eigenvalue weighted by Gasteiger charge is -2.29. The Labute approximate surface area is 175 Å². The lowest BCUT2D eigenvalue weighted by atomic mass is 10.2. The molecule has 1 aliphatic heterocycles. The number of nitrogens with zero attached hydrogens (tertiary/aromatic N) is 2. The number of likely N-dealkylation sites (N-methyl/N-ethyl adjacent to an activating group) is 1. The SMILES string of the molecule is C[C@H](Oc1ccc(F)cc1)C(=O)N(C)CC(=O)Nc1ccc(N2CCOCC2)cc1. The minimum absolute atomic E-state index is 0.110. The van der Waals surface area contributed by atoms with Crippen LogP contribution in [0, 0.1) is 5.82 Å². The zero-order valence-electron chi connectivity index (χ0n) is 17.1. The monoisotopic (exact) mass is 415 g/mol. The number of hydrogen-bond acceptors (Lipinski definition) is 5. The largest absolute Gasteiger partial charge is 0.481 e. The molecule has 1 atom stereocenters. The molecule has 1 fully saturated rings. The second-order valence-electron chi connectivity index (χ2n) is 7.10. The number of morpholine rings is 1. The number of benzene rings is 2. The van der Waals surface area contributed by atoms with Crippen LogP contribution in [0.1, 0.15) is 6.92 Å². The molecule has 1 N–H and O–H groups in total. The van der Waals surface area contributed by atoms with E-state index < -0.39 is 6.10 Å². The van der Waals surface area contributed by atoms with E-state index in [4.69, 9.17) is 9.47 Å². The Hall–Kier alpha value is -3.13. The molecule has 0 aliphatic carbocycles. The van der Waals surface area contributed by atoms with Gasteiger partial charge in [-0.25, -0.2) is 4.39 Å². The highest BCUT2D eigenvalue weighted by Crippen LogP contribution is 2.19. The van der Waals surface area contributed by atoms with E-state index in [0.29, 0.717) is 24.7 Å². The van der Waals surface area contributed by atoms with Crippen molar-refractivity contribution in [2.45, 2.75) is 13.0 Å². The van der Waals surface area contributed by atoms with E-state index in [1.807, 2.05) is 24.3 Å². The first-order chi connectivity index (χ1) is 14.4. The van der Waals surface area contributed by atoms with Crippen molar-refractivity contribution in [3.05, 3.63) is 54.3 Å². The molecular weight excluding hydrogens is 389 g/mol. The topological polar surface area (TPSA) is 71.1 Å². The number of amides is 2. The third-order valence-corrected chi connectivity index (χ3v) is 4.76. The Kier molecular flexibility index (Phi) is 7.24. The summed E-state index contributed by atoms with van der Waals surface area (Å²) in [6.07, 6.45) is -0.805. The summed E-state index contributed by atoms with van der Waals surface area (Å²) in [6.45, 7) is 4.59. The number of anilines is 2. The van der Waals surface area contributed by atoms with Crippen molar-refractivity contribution in [3.63, 3.8) is 0 Å². The summed E-state index contributed by atoms with van der Waals surface area (Å²) in [5.41, 5.74) is 1.74. The van der Waals surface area contributed by atoms with Gasteiger partial charge < -0.3 is 24.6 Å². The summed E-state index contributed by atoms with van der Waals surface area (Å²) in [5, 5.41) is 2.79. The van der Waals surface area contributed by atoms with Gasteiger partial charge in [0, 0.05) is 31.5 Å². The van der Waals surface area contributed by atoms with Crippen molar-refractivity contribution in [1.82, 2.24) is 4.90 Å². The Morgan fingerprint density at radius 1 is 1.13 bits per heavy atom. The standard InChI is InChI=1S/C22H26FN3O4/c1-16(30-20-9-3-17(23)4-10-20)22(28)25(2)15-21(27)24-18-5-7-19(8-6-18)26-11-13-29-14-12-26/h3-10,16H,11-15H2,1-2H3,(H,24,27)/t16-/m0/s1. The minimum atomic E-state index is -0.805. The van der Waals surface area contributed by atoms with E-state index in [1.54, 1.807) is 6.92 Å². The van der Waals surface area contributed by atoms with Gasteiger partial charge in [0.2, 0.25) is 5.91 Å². The Balaban J connectivity index is 1.48. The molecule has 0 spiro atoms. The van der Waals surface area contributed by atoms with Gasteiger partial charge in [-0.2, -0.15) is 0 Å².